The topological polar surface area (TPSA) is 68.5 Å². The second kappa shape index (κ2) is 7.61. The van der Waals surface area contributed by atoms with Crippen molar-refractivity contribution in [3.8, 4) is 11.5 Å². The van der Waals surface area contributed by atoms with E-state index >= 15 is 0 Å². The fraction of sp³-hybridized carbons (Fsp3) is 0.259. The molecule has 160 valence electrons. The molecular formula is C27H25N3O2. The molecule has 3 aliphatic rings. The Morgan fingerprint density at radius 1 is 0.969 bits per heavy atom. The van der Waals surface area contributed by atoms with Crippen LogP contribution in [0.4, 0.5) is 0 Å². The number of para-hydroxylation sites is 2. The summed E-state index contributed by atoms with van der Waals surface area (Å²) in [5.74, 6) is 0.916. The van der Waals surface area contributed by atoms with Crippen LogP contribution in [0.2, 0.25) is 0 Å². The first kappa shape index (κ1) is 19.3. The monoisotopic (exact) mass is 423 g/mol. The van der Waals surface area contributed by atoms with Gasteiger partial charge in [0.25, 0.3) is 5.91 Å². The van der Waals surface area contributed by atoms with Crippen LogP contribution in [0.1, 0.15) is 52.9 Å². The van der Waals surface area contributed by atoms with Crippen molar-refractivity contribution in [1.29, 1.82) is 0 Å². The number of rotatable bonds is 3. The average molecular weight is 424 g/mol. The smallest absolute Gasteiger partial charge is 0.252 e. The van der Waals surface area contributed by atoms with Crippen LogP contribution in [0.3, 0.4) is 0 Å². The number of ether oxygens (including phenoxy) is 1. The molecule has 0 radical (unpaired) electrons. The summed E-state index contributed by atoms with van der Waals surface area (Å²) in [6, 6.07) is 21.0. The van der Waals surface area contributed by atoms with Gasteiger partial charge < -0.3 is 10.5 Å². The molecule has 0 spiro atoms. The van der Waals surface area contributed by atoms with Gasteiger partial charge in [-0.1, -0.05) is 42.0 Å². The van der Waals surface area contributed by atoms with Gasteiger partial charge in [0.2, 0.25) is 0 Å². The highest BCUT2D eigenvalue weighted by Gasteiger charge is 2.40. The molecule has 3 aliphatic heterocycles. The van der Waals surface area contributed by atoms with E-state index in [4.69, 9.17) is 10.5 Å². The predicted octanol–water partition coefficient (Wildman–Crippen LogP) is 4.92. The summed E-state index contributed by atoms with van der Waals surface area (Å²) < 4.78 is 6.21. The molecule has 2 bridgehead atoms. The van der Waals surface area contributed by atoms with E-state index in [1.807, 2.05) is 30.5 Å². The minimum Gasteiger partial charge on any atom is -0.455 e. The molecule has 1 aromatic heterocycles. The van der Waals surface area contributed by atoms with Gasteiger partial charge in [0.1, 0.15) is 11.5 Å². The Balaban J connectivity index is 1.43. The zero-order chi connectivity index (χ0) is 21.7. The highest BCUT2D eigenvalue weighted by Crippen LogP contribution is 2.50. The van der Waals surface area contributed by atoms with Gasteiger partial charge in [-0.05, 0) is 55.5 Å². The maximum atomic E-state index is 12.1. The second-order valence-corrected chi connectivity index (χ2v) is 8.91. The lowest BCUT2D eigenvalue weighted by atomic mass is 9.83. The van der Waals surface area contributed by atoms with Gasteiger partial charge in [0, 0.05) is 36.0 Å². The van der Waals surface area contributed by atoms with E-state index < -0.39 is 5.91 Å². The highest BCUT2D eigenvalue weighted by molar-refractivity contribution is 6.00. The molecule has 3 aromatic rings. The van der Waals surface area contributed by atoms with E-state index in [-0.39, 0.29) is 0 Å². The van der Waals surface area contributed by atoms with Crippen LogP contribution in [0, 0.1) is 0 Å². The molecule has 6 rings (SSSR count). The van der Waals surface area contributed by atoms with Gasteiger partial charge in [-0.15, -0.1) is 0 Å². The number of primary amides is 1. The molecule has 5 nitrogen and oxygen atoms in total. The SMILES string of the molecule is NC(=O)c1cccc2c1Oc1ccccc1C2=C1CC2CCC(C1)N2Cc1ccccn1. The minimum absolute atomic E-state index is 0.436. The summed E-state index contributed by atoms with van der Waals surface area (Å²) in [5.41, 5.74) is 12.0. The largest absolute Gasteiger partial charge is 0.455 e. The fourth-order valence-corrected chi connectivity index (χ4v) is 5.68. The van der Waals surface area contributed by atoms with Crippen molar-refractivity contribution in [2.45, 2.75) is 44.3 Å². The van der Waals surface area contributed by atoms with Crippen molar-refractivity contribution in [1.82, 2.24) is 9.88 Å². The number of nitrogens with zero attached hydrogens (tertiary/aromatic N) is 2. The Kier molecular flexibility index (Phi) is 4.58. The number of fused-ring (bicyclic) bond motifs is 4. The first-order valence-electron chi connectivity index (χ1n) is 11.3. The molecule has 0 saturated carbocycles. The maximum absolute atomic E-state index is 12.1. The minimum atomic E-state index is -0.462. The number of pyridine rings is 1. The molecule has 2 fully saturated rings. The van der Waals surface area contributed by atoms with E-state index in [0.717, 1.165) is 42.0 Å². The number of piperidine rings is 1. The van der Waals surface area contributed by atoms with Gasteiger partial charge >= 0.3 is 0 Å². The van der Waals surface area contributed by atoms with Gasteiger partial charge in [-0.2, -0.15) is 0 Å². The molecule has 2 saturated heterocycles. The molecule has 2 unspecified atom stereocenters. The van der Waals surface area contributed by atoms with E-state index in [0.29, 0.717) is 23.4 Å². The number of hydrogen-bond acceptors (Lipinski definition) is 4. The fourth-order valence-electron chi connectivity index (χ4n) is 5.68. The molecule has 2 atom stereocenters. The van der Waals surface area contributed by atoms with Crippen LogP contribution in [-0.4, -0.2) is 27.9 Å². The number of aromatic nitrogens is 1. The molecule has 1 amide bonds. The molecule has 5 heteroatoms. The third kappa shape index (κ3) is 3.12. The number of benzene rings is 2. The first-order valence-corrected chi connectivity index (χ1v) is 11.3. The van der Waals surface area contributed by atoms with Crippen molar-refractivity contribution < 1.29 is 9.53 Å². The molecule has 4 heterocycles. The van der Waals surface area contributed by atoms with Gasteiger partial charge in [0.05, 0.1) is 11.3 Å². The van der Waals surface area contributed by atoms with Crippen molar-refractivity contribution >= 4 is 11.5 Å². The third-order valence-electron chi connectivity index (χ3n) is 7.08. The van der Waals surface area contributed by atoms with Crippen LogP contribution in [-0.2, 0) is 6.54 Å². The molecule has 2 N–H and O–H groups in total. The second-order valence-electron chi connectivity index (χ2n) is 8.91. The third-order valence-corrected chi connectivity index (χ3v) is 7.08. The first-order chi connectivity index (χ1) is 15.7. The van der Waals surface area contributed by atoms with Crippen molar-refractivity contribution in [3.05, 3.63) is 94.8 Å². The van der Waals surface area contributed by atoms with E-state index in [2.05, 4.69) is 40.2 Å². The Morgan fingerprint density at radius 3 is 2.47 bits per heavy atom. The number of carbonyl (C=O) groups is 1. The standard InChI is InChI=1S/C27H25N3O2/c28-27(31)23-9-5-8-22-25(21-7-1-2-10-24(21)32-26(22)23)17-14-19-11-12-20(15-17)30(19)16-18-6-3-4-13-29-18/h1-10,13,19-20H,11-12,14-16H2,(H2,28,31). The summed E-state index contributed by atoms with van der Waals surface area (Å²) in [6.45, 7) is 0.904. The predicted molar refractivity (Wildman–Crippen MR) is 123 cm³/mol. The summed E-state index contributed by atoms with van der Waals surface area (Å²) in [6.07, 6.45) is 6.34. The van der Waals surface area contributed by atoms with Crippen molar-refractivity contribution in [2.75, 3.05) is 0 Å². The van der Waals surface area contributed by atoms with Crippen molar-refractivity contribution in [3.63, 3.8) is 0 Å². The van der Waals surface area contributed by atoms with E-state index in [9.17, 15) is 4.79 Å². The Bertz CT molecular complexity index is 1220. The van der Waals surface area contributed by atoms with Crippen LogP contribution in [0.15, 0.2) is 72.4 Å². The summed E-state index contributed by atoms with van der Waals surface area (Å²) in [7, 11) is 0. The van der Waals surface area contributed by atoms with Gasteiger partial charge in [0.15, 0.2) is 0 Å². The van der Waals surface area contributed by atoms with Crippen molar-refractivity contribution in [2.24, 2.45) is 5.73 Å². The summed E-state index contributed by atoms with van der Waals surface area (Å²) in [5, 5.41) is 0. The Morgan fingerprint density at radius 2 is 1.72 bits per heavy atom. The number of nitrogens with two attached hydrogens (primary N) is 1. The highest BCUT2D eigenvalue weighted by atomic mass is 16.5. The maximum Gasteiger partial charge on any atom is 0.252 e. The zero-order valence-electron chi connectivity index (χ0n) is 17.8. The molecule has 2 aromatic carbocycles. The summed E-state index contributed by atoms with van der Waals surface area (Å²) in [4.78, 5) is 19.3. The quantitative estimate of drug-likeness (QED) is 0.508. The molecular weight excluding hydrogens is 398 g/mol. The van der Waals surface area contributed by atoms with Gasteiger partial charge in [-0.3, -0.25) is 14.7 Å². The number of amides is 1. The van der Waals surface area contributed by atoms with Gasteiger partial charge in [-0.25, -0.2) is 0 Å². The van der Waals surface area contributed by atoms with E-state index in [1.54, 1.807) is 6.07 Å². The van der Waals surface area contributed by atoms with Crippen LogP contribution in [0.5, 0.6) is 11.5 Å². The summed E-state index contributed by atoms with van der Waals surface area (Å²) >= 11 is 0. The molecule has 32 heavy (non-hydrogen) atoms. The lowest BCUT2D eigenvalue weighted by Crippen LogP contribution is -2.40. The van der Waals surface area contributed by atoms with Crippen LogP contribution >= 0.6 is 0 Å². The Hall–Kier alpha value is -3.44. The lowest BCUT2D eigenvalue weighted by molar-refractivity contribution is 0.0998. The lowest BCUT2D eigenvalue weighted by Gasteiger charge is -2.38. The van der Waals surface area contributed by atoms with E-state index in [1.165, 1.54) is 24.0 Å². The number of carbonyl (C=O) groups excluding carboxylic acids is 1. The number of hydrogen-bond donors (Lipinski definition) is 1. The van der Waals surface area contributed by atoms with Crippen LogP contribution in [0.25, 0.3) is 5.57 Å². The normalized spacial score (nSPS) is 21.6. The zero-order valence-corrected chi connectivity index (χ0v) is 17.8. The average Bonchev–Trinajstić information content (AvgIpc) is 3.04. The van der Waals surface area contributed by atoms with Crippen LogP contribution < -0.4 is 10.5 Å². The molecule has 0 aliphatic carbocycles. The Labute approximate surface area is 187 Å².